The molecule has 0 aromatic heterocycles. The van der Waals surface area contributed by atoms with Gasteiger partial charge in [-0.05, 0) is 24.0 Å². The largest absolute Gasteiger partial charge is 0.380 e. The molecule has 0 saturated carbocycles. The molecule has 1 rings (SSSR count). The molecule has 0 aliphatic heterocycles. The fraction of sp³-hybridized carbons (Fsp3) is 0.750. The molecular formula is C24H42O. The Morgan fingerprint density at radius 2 is 1.12 bits per heavy atom. The van der Waals surface area contributed by atoms with Gasteiger partial charge in [0.2, 0.25) is 0 Å². The second-order valence-corrected chi connectivity index (χ2v) is 7.60. The molecule has 25 heavy (non-hydrogen) atoms. The van der Waals surface area contributed by atoms with E-state index in [9.17, 15) is 0 Å². The van der Waals surface area contributed by atoms with Crippen molar-refractivity contribution in [1.82, 2.24) is 0 Å². The summed E-state index contributed by atoms with van der Waals surface area (Å²) in [7, 11) is 1.76. The first-order chi connectivity index (χ1) is 12.4. The first-order valence-corrected chi connectivity index (χ1v) is 10.9. The number of unbranched alkanes of at least 4 members (excludes halogenated alkanes) is 13. The lowest BCUT2D eigenvalue weighted by atomic mass is 10.0. The predicted molar refractivity (Wildman–Crippen MR) is 111 cm³/mol. The molecular weight excluding hydrogens is 304 g/mol. The minimum atomic E-state index is 0.729. The summed E-state index contributed by atoms with van der Waals surface area (Å²) in [5.41, 5.74) is 2.76. The maximum absolute atomic E-state index is 5.21. The molecule has 1 nitrogen and oxygen atoms in total. The molecule has 0 saturated heterocycles. The second kappa shape index (κ2) is 16.6. The van der Waals surface area contributed by atoms with Crippen LogP contribution in [0.3, 0.4) is 0 Å². The monoisotopic (exact) mass is 346 g/mol. The van der Waals surface area contributed by atoms with Gasteiger partial charge in [0.1, 0.15) is 0 Å². The average molecular weight is 347 g/mol. The van der Waals surface area contributed by atoms with E-state index in [1.165, 1.54) is 107 Å². The summed E-state index contributed by atoms with van der Waals surface area (Å²) in [6.07, 6.45) is 21.2. The van der Waals surface area contributed by atoms with Crippen molar-refractivity contribution in [3.8, 4) is 0 Å². The van der Waals surface area contributed by atoms with E-state index >= 15 is 0 Å². The highest BCUT2D eigenvalue weighted by Gasteiger charge is 1.97. The molecule has 1 aromatic rings. The number of aryl methyl sites for hydroxylation is 1. The first-order valence-electron chi connectivity index (χ1n) is 10.9. The van der Waals surface area contributed by atoms with Gasteiger partial charge in [-0.15, -0.1) is 0 Å². The predicted octanol–water partition coefficient (Wildman–Crippen LogP) is 7.86. The van der Waals surface area contributed by atoms with Gasteiger partial charge in [0.15, 0.2) is 0 Å². The zero-order valence-electron chi connectivity index (χ0n) is 17.0. The van der Waals surface area contributed by atoms with Crippen molar-refractivity contribution in [2.24, 2.45) is 0 Å². The van der Waals surface area contributed by atoms with E-state index in [4.69, 9.17) is 4.74 Å². The third-order valence-electron chi connectivity index (χ3n) is 5.12. The Hall–Kier alpha value is -0.820. The quantitative estimate of drug-likeness (QED) is 0.261. The third kappa shape index (κ3) is 13.1. The number of hydrogen-bond donors (Lipinski definition) is 0. The van der Waals surface area contributed by atoms with Crippen LogP contribution in [0, 0.1) is 0 Å². The summed E-state index contributed by atoms with van der Waals surface area (Å²) in [6, 6.07) is 8.86. The van der Waals surface area contributed by atoms with E-state index in [2.05, 4.69) is 31.2 Å². The standard InChI is InChI=1S/C24H42O/c1-3-4-5-6-7-8-9-10-11-12-13-14-15-16-18-23-19-17-20-24(21-23)22-25-2/h17,19-21H,3-16,18,22H2,1-2H3. The van der Waals surface area contributed by atoms with Crippen LogP contribution in [-0.4, -0.2) is 7.11 Å². The maximum Gasteiger partial charge on any atom is 0.0713 e. The lowest BCUT2D eigenvalue weighted by molar-refractivity contribution is 0.185. The molecule has 0 amide bonds. The number of ether oxygens (including phenoxy) is 1. The third-order valence-corrected chi connectivity index (χ3v) is 5.12. The maximum atomic E-state index is 5.21. The van der Waals surface area contributed by atoms with Crippen molar-refractivity contribution in [1.29, 1.82) is 0 Å². The fourth-order valence-corrected chi connectivity index (χ4v) is 3.57. The molecule has 1 aromatic carbocycles. The highest BCUT2D eigenvalue weighted by atomic mass is 16.5. The van der Waals surface area contributed by atoms with Gasteiger partial charge in [-0.3, -0.25) is 0 Å². The Kier molecular flexibility index (Phi) is 14.8. The van der Waals surface area contributed by atoms with Crippen LogP contribution in [0.4, 0.5) is 0 Å². The summed E-state index contributed by atoms with van der Waals surface area (Å²) < 4.78 is 5.21. The van der Waals surface area contributed by atoms with Gasteiger partial charge in [-0.1, -0.05) is 115 Å². The zero-order valence-corrected chi connectivity index (χ0v) is 17.0. The van der Waals surface area contributed by atoms with E-state index in [-0.39, 0.29) is 0 Å². The first kappa shape index (κ1) is 22.2. The van der Waals surface area contributed by atoms with Gasteiger partial charge in [0, 0.05) is 7.11 Å². The summed E-state index contributed by atoms with van der Waals surface area (Å²) in [5, 5.41) is 0. The molecule has 1 heteroatoms. The van der Waals surface area contributed by atoms with Gasteiger partial charge >= 0.3 is 0 Å². The Balaban J connectivity index is 1.85. The van der Waals surface area contributed by atoms with Gasteiger partial charge in [-0.25, -0.2) is 0 Å². The molecule has 0 bridgehead atoms. The van der Waals surface area contributed by atoms with E-state index < -0.39 is 0 Å². The number of benzene rings is 1. The van der Waals surface area contributed by atoms with Crippen molar-refractivity contribution in [2.45, 2.75) is 110 Å². The van der Waals surface area contributed by atoms with Gasteiger partial charge in [-0.2, -0.15) is 0 Å². The number of hydrogen-bond acceptors (Lipinski definition) is 1. The summed E-state index contributed by atoms with van der Waals surface area (Å²) >= 11 is 0. The summed E-state index contributed by atoms with van der Waals surface area (Å²) in [4.78, 5) is 0. The Morgan fingerprint density at radius 3 is 1.64 bits per heavy atom. The fourth-order valence-electron chi connectivity index (χ4n) is 3.57. The molecule has 144 valence electrons. The molecule has 0 fully saturated rings. The van der Waals surface area contributed by atoms with Crippen LogP contribution >= 0.6 is 0 Å². The lowest BCUT2D eigenvalue weighted by Gasteiger charge is -2.05. The van der Waals surface area contributed by atoms with Gasteiger partial charge in [0.05, 0.1) is 6.61 Å². The topological polar surface area (TPSA) is 9.23 Å². The Labute approximate surface area is 157 Å². The molecule has 0 aliphatic carbocycles. The zero-order chi connectivity index (χ0) is 18.0. The molecule has 0 N–H and O–H groups in total. The van der Waals surface area contributed by atoms with Crippen molar-refractivity contribution < 1.29 is 4.74 Å². The van der Waals surface area contributed by atoms with E-state index in [1.807, 2.05) is 0 Å². The highest BCUT2D eigenvalue weighted by molar-refractivity contribution is 5.23. The van der Waals surface area contributed by atoms with E-state index in [1.54, 1.807) is 7.11 Å². The van der Waals surface area contributed by atoms with Crippen LogP contribution in [0.5, 0.6) is 0 Å². The van der Waals surface area contributed by atoms with Crippen molar-refractivity contribution in [2.75, 3.05) is 7.11 Å². The Morgan fingerprint density at radius 1 is 0.640 bits per heavy atom. The Bertz CT molecular complexity index is 399. The molecule has 0 radical (unpaired) electrons. The lowest BCUT2D eigenvalue weighted by Crippen LogP contribution is -1.91. The molecule has 0 atom stereocenters. The number of methoxy groups -OCH3 is 1. The van der Waals surface area contributed by atoms with Crippen LogP contribution in [0.15, 0.2) is 24.3 Å². The van der Waals surface area contributed by atoms with Crippen molar-refractivity contribution in [3.05, 3.63) is 35.4 Å². The molecule has 0 unspecified atom stereocenters. The van der Waals surface area contributed by atoms with E-state index in [0.29, 0.717) is 0 Å². The van der Waals surface area contributed by atoms with Crippen LogP contribution in [0.2, 0.25) is 0 Å². The van der Waals surface area contributed by atoms with Crippen molar-refractivity contribution >= 4 is 0 Å². The van der Waals surface area contributed by atoms with Crippen LogP contribution in [0.1, 0.15) is 108 Å². The molecule has 0 heterocycles. The van der Waals surface area contributed by atoms with Crippen molar-refractivity contribution in [3.63, 3.8) is 0 Å². The van der Waals surface area contributed by atoms with Crippen LogP contribution in [0.25, 0.3) is 0 Å². The molecule has 0 spiro atoms. The SMILES string of the molecule is CCCCCCCCCCCCCCCCc1cccc(COC)c1. The number of rotatable bonds is 17. The minimum Gasteiger partial charge on any atom is -0.380 e. The normalized spacial score (nSPS) is 11.1. The minimum absolute atomic E-state index is 0.729. The van der Waals surface area contributed by atoms with Crippen LogP contribution in [-0.2, 0) is 17.8 Å². The van der Waals surface area contributed by atoms with Gasteiger partial charge < -0.3 is 4.74 Å². The van der Waals surface area contributed by atoms with E-state index in [0.717, 1.165) is 6.61 Å². The van der Waals surface area contributed by atoms with Crippen LogP contribution < -0.4 is 0 Å². The van der Waals surface area contributed by atoms with Gasteiger partial charge in [0.25, 0.3) is 0 Å². The second-order valence-electron chi connectivity index (χ2n) is 7.60. The summed E-state index contributed by atoms with van der Waals surface area (Å²) in [6.45, 7) is 3.02. The smallest absolute Gasteiger partial charge is 0.0713 e. The highest BCUT2D eigenvalue weighted by Crippen LogP contribution is 2.14. The average Bonchev–Trinajstić information content (AvgIpc) is 2.63. The molecule has 0 aliphatic rings. The summed E-state index contributed by atoms with van der Waals surface area (Å²) in [5.74, 6) is 0.